The molecule has 0 atom stereocenters. The molecule has 0 aliphatic carbocycles. The number of aromatic nitrogens is 4. The highest BCUT2D eigenvalue weighted by atomic mass is 35.5. The van der Waals surface area contributed by atoms with Crippen LogP contribution in [0.2, 0.25) is 10.0 Å². The molecule has 0 saturated carbocycles. The van der Waals surface area contributed by atoms with Crippen molar-refractivity contribution in [2.75, 3.05) is 18.2 Å². The van der Waals surface area contributed by atoms with Crippen molar-refractivity contribution < 1.29 is 9.53 Å². The average molecular weight is 438 g/mol. The van der Waals surface area contributed by atoms with E-state index in [0.29, 0.717) is 26.6 Å². The Hall–Kier alpha value is -2.29. The van der Waals surface area contributed by atoms with Crippen LogP contribution in [0.15, 0.2) is 35.6 Å². The van der Waals surface area contributed by atoms with Gasteiger partial charge in [0.1, 0.15) is 5.75 Å². The summed E-state index contributed by atoms with van der Waals surface area (Å²) in [5, 5.41) is 12.4. The fourth-order valence-corrected chi connectivity index (χ4v) is 3.50. The molecular formula is C18H17Cl2N5O2S. The van der Waals surface area contributed by atoms with E-state index in [9.17, 15) is 4.79 Å². The van der Waals surface area contributed by atoms with Crippen LogP contribution in [0.3, 0.4) is 0 Å². The summed E-state index contributed by atoms with van der Waals surface area (Å²) in [6, 6.07) is 7.54. The van der Waals surface area contributed by atoms with Crippen molar-refractivity contribution in [1.82, 2.24) is 19.7 Å². The summed E-state index contributed by atoms with van der Waals surface area (Å²) < 4.78 is 7.07. The number of ether oxygens (including phenoxy) is 1. The summed E-state index contributed by atoms with van der Waals surface area (Å²) in [5.41, 5.74) is 1.54. The number of nitrogens with zero attached hydrogens (tertiary/aromatic N) is 4. The number of hydrogen-bond acceptors (Lipinski definition) is 6. The number of thioether (sulfide) groups is 1. The van der Waals surface area contributed by atoms with Crippen molar-refractivity contribution in [3.63, 3.8) is 0 Å². The number of anilines is 1. The van der Waals surface area contributed by atoms with E-state index in [0.717, 1.165) is 11.3 Å². The van der Waals surface area contributed by atoms with Gasteiger partial charge in [-0.3, -0.25) is 4.79 Å². The summed E-state index contributed by atoms with van der Waals surface area (Å²) in [4.78, 5) is 16.3. The predicted octanol–water partition coefficient (Wildman–Crippen LogP) is 4.23. The Morgan fingerprint density at radius 1 is 1.32 bits per heavy atom. The normalized spacial score (nSPS) is 10.8. The molecule has 0 aliphatic rings. The van der Waals surface area contributed by atoms with E-state index in [1.165, 1.54) is 18.0 Å². The molecule has 0 bridgehead atoms. The molecule has 0 radical (unpaired) electrons. The molecule has 28 heavy (non-hydrogen) atoms. The van der Waals surface area contributed by atoms with E-state index in [2.05, 4.69) is 20.5 Å². The summed E-state index contributed by atoms with van der Waals surface area (Å²) in [7, 11) is 3.45. The van der Waals surface area contributed by atoms with Gasteiger partial charge >= 0.3 is 0 Å². The van der Waals surface area contributed by atoms with E-state index >= 15 is 0 Å². The average Bonchev–Trinajstić information content (AvgIpc) is 3.07. The molecule has 0 saturated heterocycles. The standard InChI is InChI=1S/C18H17Cl2N5O2S/c1-10-13(19)8-21-16(15(10)20)22-14(26)9-28-18-24-23-17(25(18)2)11-5-4-6-12(7-11)27-3/h4-8H,9H2,1-3H3,(H,21,22,26). The molecule has 2 aromatic heterocycles. The van der Waals surface area contributed by atoms with Crippen molar-refractivity contribution in [1.29, 1.82) is 0 Å². The van der Waals surface area contributed by atoms with Gasteiger partial charge in [-0.25, -0.2) is 4.98 Å². The fourth-order valence-electron chi connectivity index (χ4n) is 2.40. The molecule has 2 heterocycles. The van der Waals surface area contributed by atoms with Gasteiger partial charge in [-0.05, 0) is 24.6 Å². The molecular weight excluding hydrogens is 421 g/mol. The Labute approximate surface area is 176 Å². The Balaban J connectivity index is 1.67. The first kappa shape index (κ1) is 20.4. The second-order valence-electron chi connectivity index (χ2n) is 5.83. The minimum Gasteiger partial charge on any atom is -0.497 e. The van der Waals surface area contributed by atoms with Gasteiger partial charge in [0, 0.05) is 18.8 Å². The maximum atomic E-state index is 12.3. The molecule has 3 rings (SSSR count). The maximum absolute atomic E-state index is 12.3. The molecule has 1 N–H and O–H groups in total. The fraction of sp³-hybridized carbons (Fsp3) is 0.222. The van der Waals surface area contributed by atoms with Crippen LogP contribution in [0.1, 0.15) is 5.56 Å². The van der Waals surface area contributed by atoms with E-state index in [4.69, 9.17) is 27.9 Å². The molecule has 146 valence electrons. The second-order valence-corrected chi connectivity index (χ2v) is 7.56. The maximum Gasteiger partial charge on any atom is 0.236 e. The lowest BCUT2D eigenvalue weighted by Gasteiger charge is -2.09. The summed E-state index contributed by atoms with van der Waals surface area (Å²) in [6.45, 7) is 1.76. The van der Waals surface area contributed by atoms with Gasteiger partial charge in [0.05, 0.1) is 22.9 Å². The van der Waals surface area contributed by atoms with E-state index in [-0.39, 0.29) is 17.5 Å². The van der Waals surface area contributed by atoms with Gasteiger partial charge in [0.15, 0.2) is 16.8 Å². The molecule has 0 aliphatic heterocycles. The Morgan fingerprint density at radius 3 is 2.86 bits per heavy atom. The molecule has 10 heteroatoms. The summed E-state index contributed by atoms with van der Waals surface area (Å²) in [5.74, 6) is 1.57. The largest absolute Gasteiger partial charge is 0.497 e. The van der Waals surface area contributed by atoms with E-state index in [1.807, 2.05) is 35.9 Å². The van der Waals surface area contributed by atoms with Crippen molar-refractivity contribution in [3.8, 4) is 17.1 Å². The predicted molar refractivity (Wildman–Crippen MR) is 111 cm³/mol. The van der Waals surface area contributed by atoms with Crippen LogP contribution in [0.5, 0.6) is 5.75 Å². The van der Waals surface area contributed by atoms with Crippen molar-refractivity contribution >= 4 is 46.7 Å². The third-order valence-corrected chi connectivity index (χ3v) is 5.82. The number of rotatable bonds is 6. The van der Waals surface area contributed by atoms with Gasteiger partial charge in [-0.2, -0.15) is 0 Å². The minimum absolute atomic E-state index is 0.129. The Bertz CT molecular complexity index is 1030. The number of halogens is 2. The van der Waals surface area contributed by atoms with Crippen LogP contribution in [-0.4, -0.2) is 38.5 Å². The van der Waals surface area contributed by atoms with Gasteiger partial charge in [-0.15, -0.1) is 10.2 Å². The smallest absolute Gasteiger partial charge is 0.236 e. The van der Waals surface area contributed by atoms with Gasteiger partial charge in [0.2, 0.25) is 5.91 Å². The highest BCUT2D eigenvalue weighted by molar-refractivity contribution is 7.99. The lowest BCUT2D eigenvalue weighted by molar-refractivity contribution is -0.113. The zero-order valence-electron chi connectivity index (χ0n) is 15.4. The zero-order chi connectivity index (χ0) is 20.3. The number of nitrogens with one attached hydrogen (secondary N) is 1. The lowest BCUT2D eigenvalue weighted by Crippen LogP contribution is -2.16. The Morgan fingerprint density at radius 2 is 2.11 bits per heavy atom. The number of pyridine rings is 1. The Kier molecular flexibility index (Phi) is 6.43. The quantitative estimate of drug-likeness (QED) is 0.580. The van der Waals surface area contributed by atoms with E-state index in [1.54, 1.807) is 14.0 Å². The van der Waals surface area contributed by atoms with Crippen LogP contribution in [0.4, 0.5) is 5.82 Å². The number of carbonyl (C=O) groups is 1. The second kappa shape index (κ2) is 8.81. The van der Waals surface area contributed by atoms with Crippen molar-refractivity contribution in [2.24, 2.45) is 7.05 Å². The minimum atomic E-state index is -0.257. The molecule has 0 unspecified atom stereocenters. The highest BCUT2D eigenvalue weighted by Crippen LogP contribution is 2.29. The number of benzene rings is 1. The summed E-state index contributed by atoms with van der Waals surface area (Å²) >= 11 is 13.4. The van der Waals surface area contributed by atoms with Gasteiger partial charge in [0.25, 0.3) is 0 Å². The first-order chi connectivity index (χ1) is 13.4. The first-order valence-electron chi connectivity index (χ1n) is 8.17. The lowest BCUT2D eigenvalue weighted by atomic mass is 10.2. The summed E-state index contributed by atoms with van der Waals surface area (Å²) in [6.07, 6.45) is 1.45. The van der Waals surface area contributed by atoms with E-state index < -0.39 is 0 Å². The van der Waals surface area contributed by atoms with Crippen LogP contribution < -0.4 is 10.1 Å². The highest BCUT2D eigenvalue weighted by Gasteiger charge is 2.15. The third kappa shape index (κ3) is 4.40. The molecule has 7 nitrogen and oxygen atoms in total. The van der Waals surface area contributed by atoms with Crippen LogP contribution in [-0.2, 0) is 11.8 Å². The van der Waals surface area contributed by atoms with Crippen LogP contribution >= 0.6 is 35.0 Å². The molecule has 0 fully saturated rings. The molecule has 0 spiro atoms. The molecule has 1 amide bonds. The number of methoxy groups -OCH3 is 1. The topological polar surface area (TPSA) is 81.9 Å². The van der Waals surface area contributed by atoms with Crippen molar-refractivity contribution in [3.05, 3.63) is 46.1 Å². The number of carbonyl (C=O) groups excluding carboxylic acids is 1. The third-order valence-electron chi connectivity index (χ3n) is 3.96. The number of hydrogen-bond donors (Lipinski definition) is 1. The molecule has 1 aromatic carbocycles. The van der Waals surface area contributed by atoms with Gasteiger partial charge in [-0.1, -0.05) is 47.1 Å². The zero-order valence-corrected chi connectivity index (χ0v) is 17.7. The van der Waals surface area contributed by atoms with Gasteiger partial charge < -0.3 is 14.6 Å². The van der Waals surface area contributed by atoms with Crippen LogP contribution in [0.25, 0.3) is 11.4 Å². The SMILES string of the molecule is COc1cccc(-c2nnc(SCC(=O)Nc3ncc(Cl)c(C)c3Cl)n2C)c1. The first-order valence-corrected chi connectivity index (χ1v) is 9.92. The number of amides is 1. The van der Waals surface area contributed by atoms with Crippen LogP contribution in [0, 0.1) is 6.92 Å². The van der Waals surface area contributed by atoms with Crippen molar-refractivity contribution in [2.45, 2.75) is 12.1 Å². The monoisotopic (exact) mass is 437 g/mol. The molecule has 3 aromatic rings.